The third kappa shape index (κ3) is 8.57. The third-order valence-corrected chi connectivity index (χ3v) is 9.41. The van der Waals surface area contributed by atoms with Gasteiger partial charge >= 0.3 is 5.92 Å². The van der Waals surface area contributed by atoms with Gasteiger partial charge in [-0.1, -0.05) is 44.9 Å². The van der Waals surface area contributed by atoms with Crippen LogP contribution < -0.4 is 10.6 Å². The number of anilines is 1. The monoisotopic (exact) mass is 653 g/mol. The summed E-state index contributed by atoms with van der Waals surface area (Å²) in [7, 11) is 1.96. The lowest BCUT2D eigenvalue weighted by Crippen LogP contribution is -2.55. The van der Waals surface area contributed by atoms with Gasteiger partial charge in [0.2, 0.25) is 23.5 Å². The summed E-state index contributed by atoms with van der Waals surface area (Å²) in [5.41, 5.74) is -0.404. The summed E-state index contributed by atoms with van der Waals surface area (Å²) in [4.78, 5) is 56.1. The lowest BCUT2D eigenvalue weighted by Gasteiger charge is -2.36. The number of carbonyl (C=O) groups excluding carboxylic acids is 4. The van der Waals surface area contributed by atoms with Crippen LogP contribution in [0.2, 0.25) is 0 Å². The van der Waals surface area contributed by atoms with Crippen molar-refractivity contribution in [3.63, 3.8) is 0 Å². The summed E-state index contributed by atoms with van der Waals surface area (Å²) < 4.78 is 46.0. The fourth-order valence-electron chi connectivity index (χ4n) is 6.34. The molecule has 4 rings (SSSR count). The maximum Gasteiger partial charge on any atom is 0.330 e. The van der Waals surface area contributed by atoms with Crippen molar-refractivity contribution in [3.8, 4) is 6.07 Å². The molecule has 0 aromatic heterocycles. The highest BCUT2D eigenvalue weighted by atomic mass is 19.3. The number of hydrogen-bond acceptors (Lipinski definition) is 6. The minimum atomic E-state index is -3.92. The van der Waals surface area contributed by atoms with Gasteiger partial charge in [0, 0.05) is 56.4 Å². The molecule has 1 saturated heterocycles. The molecule has 0 unspecified atom stereocenters. The molecule has 2 N–H and O–H groups in total. The molecule has 3 atom stereocenters. The second-order valence-corrected chi connectivity index (χ2v) is 12.6. The molecule has 2 aromatic rings. The van der Waals surface area contributed by atoms with Crippen LogP contribution in [-0.4, -0.2) is 72.6 Å². The maximum atomic E-state index is 15.5. The molecule has 0 spiro atoms. The Hall–Kier alpha value is -4.24. The summed E-state index contributed by atoms with van der Waals surface area (Å²) in [6, 6.07) is 9.58. The van der Waals surface area contributed by atoms with Crippen LogP contribution >= 0.6 is 0 Å². The minimum Gasteiger partial charge on any atom is -0.344 e. The topological polar surface area (TPSA) is 123 Å². The Morgan fingerprint density at radius 1 is 1.04 bits per heavy atom. The van der Waals surface area contributed by atoms with Crippen molar-refractivity contribution in [1.82, 2.24) is 15.1 Å². The van der Waals surface area contributed by atoms with Crippen LogP contribution in [-0.2, 0) is 25.1 Å². The molecular weight excluding hydrogens is 611 g/mol. The van der Waals surface area contributed by atoms with E-state index in [4.69, 9.17) is 5.26 Å². The number of alkyl halides is 2. The van der Waals surface area contributed by atoms with E-state index in [9.17, 15) is 19.2 Å². The van der Waals surface area contributed by atoms with Crippen molar-refractivity contribution < 1.29 is 32.3 Å². The van der Waals surface area contributed by atoms with Crippen LogP contribution in [0.15, 0.2) is 42.5 Å². The Morgan fingerprint density at radius 2 is 1.72 bits per heavy atom. The number of piperazine rings is 1. The summed E-state index contributed by atoms with van der Waals surface area (Å²) in [5, 5.41) is 14.4. The second kappa shape index (κ2) is 15.6. The number of Topliss-reactive ketones (excluding diaryl/α,β-unsaturated/α-hetero) is 1. The Labute approximate surface area is 273 Å². The zero-order chi connectivity index (χ0) is 34.3. The van der Waals surface area contributed by atoms with E-state index in [-0.39, 0.29) is 35.4 Å². The predicted octanol–water partition coefficient (Wildman–Crippen LogP) is 4.97. The summed E-state index contributed by atoms with van der Waals surface area (Å²) in [6.07, 6.45) is 2.14. The van der Waals surface area contributed by atoms with Crippen LogP contribution in [0.25, 0.3) is 0 Å². The van der Waals surface area contributed by atoms with Gasteiger partial charge in [0.1, 0.15) is 11.9 Å². The number of carbonyl (C=O) groups is 4. The Bertz CT molecular complexity index is 1510. The van der Waals surface area contributed by atoms with Crippen LogP contribution in [0.5, 0.6) is 0 Å². The highest BCUT2D eigenvalue weighted by molar-refractivity contribution is 5.97. The van der Waals surface area contributed by atoms with Gasteiger partial charge in [-0.3, -0.25) is 19.2 Å². The smallest absolute Gasteiger partial charge is 0.330 e. The summed E-state index contributed by atoms with van der Waals surface area (Å²) >= 11 is 0. The number of nitrogens with zero attached hydrogens (tertiary/aromatic N) is 3. The highest BCUT2D eigenvalue weighted by Gasteiger charge is 2.44. The van der Waals surface area contributed by atoms with E-state index >= 15 is 13.2 Å². The molecule has 12 heteroatoms. The molecular formula is C35H42F3N5O4. The molecule has 2 fully saturated rings. The lowest BCUT2D eigenvalue weighted by molar-refractivity contribution is -0.147. The van der Waals surface area contributed by atoms with Crippen LogP contribution in [0.1, 0.15) is 75.0 Å². The number of nitrogens with one attached hydrogen (secondary N) is 2. The average molecular weight is 654 g/mol. The van der Waals surface area contributed by atoms with E-state index in [1.165, 1.54) is 24.3 Å². The van der Waals surface area contributed by atoms with Gasteiger partial charge < -0.3 is 20.4 Å². The molecule has 0 bridgehead atoms. The predicted molar refractivity (Wildman–Crippen MR) is 170 cm³/mol. The van der Waals surface area contributed by atoms with Gasteiger partial charge in [0.15, 0.2) is 0 Å². The van der Waals surface area contributed by atoms with Crippen molar-refractivity contribution in [2.45, 2.75) is 70.3 Å². The number of rotatable bonds is 12. The Kier molecular flexibility index (Phi) is 11.8. The first kappa shape index (κ1) is 35.6. The van der Waals surface area contributed by atoms with Crippen molar-refractivity contribution in [2.75, 3.05) is 38.5 Å². The Morgan fingerprint density at radius 3 is 2.34 bits per heavy atom. The zero-order valence-electron chi connectivity index (χ0n) is 27.0. The second-order valence-electron chi connectivity index (χ2n) is 12.6. The standard InChI is InChI=1S/C35H42F3N5O4/c1-4-31(45)41-32(34(47)43-16-14-42(3)15-17-43)22(2)25-12-13-29(28(36)19-25)40-33(46)27(24-9-5-6-10-24)20-30(44)35(37,38)26-11-7-8-23(18-26)21-39/h7-8,11-13,18-19,22,24,27,32H,4-6,9-10,14-17,20H2,1-3H3,(H,40,46)(H,41,45)/t22-,27-,32+/m0/s1. The summed E-state index contributed by atoms with van der Waals surface area (Å²) in [5.74, 6) is -9.52. The third-order valence-electron chi connectivity index (χ3n) is 9.41. The molecule has 9 nitrogen and oxygen atoms in total. The average Bonchev–Trinajstić information content (AvgIpc) is 3.61. The van der Waals surface area contributed by atoms with Gasteiger partial charge in [-0.15, -0.1) is 0 Å². The molecule has 1 aliphatic carbocycles. The molecule has 3 amide bonds. The number of ketones is 1. The molecule has 252 valence electrons. The van der Waals surface area contributed by atoms with Gasteiger partial charge in [-0.05, 0) is 55.6 Å². The first-order valence-electron chi connectivity index (χ1n) is 16.1. The van der Waals surface area contributed by atoms with Crippen molar-refractivity contribution in [3.05, 3.63) is 65.0 Å². The molecule has 2 aromatic carbocycles. The first-order chi connectivity index (χ1) is 22.3. The van der Waals surface area contributed by atoms with Crippen LogP contribution in [0.3, 0.4) is 0 Å². The van der Waals surface area contributed by atoms with E-state index in [0.717, 1.165) is 25.0 Å². The lowest BCUT2D eigenvalue weighted by atomic mass is 9.84. The quantitative estimate of drug-likeness (QED) is 0.334. The largest absolute Gasteiger partial charge is 0.344 e. The fraction of sp³-hybridized carbons (Fsp3) is 0.514. The normalized spacial score (nSPS) is 17.8. The van der Waals surface area contributed by atoms with Gasteiger partial charge in [-0.25, -0.2) is 4.39 Å². The number of amides is 3. The van der Waals surface area contributed by atoms with Gasteiger partial charge in [-0.2, -0.15) is 14.0 Å². The SMILES string of the molecule is CCC(=O)N[C@@H](C(=O)N1CCN(C)CC1)[C@@H](C)c1ccc(NC(=O)[C@@H](CC(=O)C(F)(F)c2cccc(C#N)c2)C2CCCC2)c(F)c1. The van der Waals surface area contributed by atoms with Crippen molar-refractivity contribution in [1.29, 1.82) is 5.26 Å². The molecule has 1 saturated carbocycles. The van der Waals surface area contributed by atoms with E-state index in [0.29, 0.717) is 44.6 Å². The molecule has 1 aliphatic heterocycles. The Balaban J connectivity index is 1.51. The van der Waals surface area contributed by atoms with Crippen LogP contribution in [0.4, 0.5) is 18.9 Å². The van der Waals surface area contributed by atoms with Crippen LogP contribution in [0, 0.1) is 29.0 Å². The highest BCUT2D eigenvalue weighted by Crippen LogP contribution is 2.38. The summed E-state index contributed by atoms with van der Waals surface area (Å²) in [6.45, 7) is 5.78. The molecule has 2 aliphatic rings. The molecule has 1 heterocycles. The van der Waals surface area contributed by atoms with Gasteiger partial charge in [0.25, 0.3) is 0 Å². The first-order valence-corrected chi connectivity index (χ1v) is 16.1. The maximum absolute atomic E-state index is 15.5. The van der Waals surface area contributed by atoms with E-state index in [1.807, 2.05) is 7.05 Å². The van der Waals surface area contributed by atoms with Crippen molar-refractivity contribution in [2.24, 2.45) is 11.8 Å². The molecule has 0 radical (unpaired) electrons. The van der Waals surface area contributed by atoms with E-state index in [2.05, 4.69) is 15.5 Å². The number of nitriles is 1. The zero-order valence-corrected chi connectivity index (χ0v) is 27.0. The fourth-order valence-corrected chi connectivity index (χ4v) is 6.34. The molecule has 47 heavy (non-hydrogen) atoms. The number of likely N-dealkylation sites (N-methyl/N-ethyl adjacent to an activating group) is 1. The van der Waals surface area contributed by atoms with E-state index < -0.39 is 53.3 Å². The minimum absolute atomic E-state index is 0.0175. The number of halogens is 3. The van der Waals surface area contributed by atoms with E-state index in [1.54, 1.807) is 30.9 Å². The van der Waals surface area contributed by atoms with Gasteiger partial charge in [0.05, 0.1) is 17.3 Å². The number of hydrogen-bond donors (Lipinski definition) is 2. The number of benzene rings is 2. The van der Waals surface area contributed by atoms with Crippen molar-refractivity contribution >= 4 is 29.2 Å².